The largest absolute Gasteiger partial charge is 0.0943 e. The van der Waals surface area contributed by atoms with Crippen molar-refractivity contribution in [2.24, 2.45) is 11.3 Å². The highest BCUT2D eigenvalue weighted by Gasteiger charge is 2.45. The van der Waals surface area contributed by atoms with Gasteiger partial charge in [0.25, 0.3) is 0 Å². The molecule has 0 heterocycles. The second kappa shape index (κ2) is 4.31. The Morgan fingerprint density at radius 3 is 2.76 bits per heavy atom. The van der Waals surface area contributed by atoms with Crippen LogP contribution in [-0.2, 0) is 0 Å². The van der Waals surface area contributed by atoms with Gasteiger partial charge in [-0.05, 0) is 54.6 Å². The monoisotopic (exact) mass is 248 g/mol. The van der Waals surface area contributed by atoms with E-state index in [1.165, 1.54) is 56.1 Å². The smallest absolute Gasteiger partial charge is 0.0467 e. The van der Waals surface area contributed by atoms with Crippen molar-refractivity contribution >= 4 is 11.6 Å². The average molecular weight is 249 g/mol. The summed E-state index contributed by atoms with van der Waals surface area (Å²) in [5.74, 6) is 0.714. The van der Waals surface area contributed by atoms with Crippen molar-refractivity contribution < 1.29 is 0 Å². The van der Waals surface area contributed by atoms with Crippen molar-refractivity contribution in [3.05, 3.63) is 34.9 Å². The molecule has 0 aromatic rings. The lowest BCUT2D eigenvalue weighted by atomic mass is 9.56. The normalized spacial score (nSPS) is 31.8. The minimum absolute atomic E-state index is 0.508. The maximum Gasteiger partial charge on any atom is 0.0467 e. The van der Waals surface area contributed by atoms with Crippen LogP contribution in [0.15, 0.2) is 34.9 Å². The average Bonchev–Trinajstić information content (AvgIpc) is 2.38. The molecule has 3 rings (SSSR count). The summed E-state index contributed by atoms with van der Waals surface area (Å²) in [6, 6.07) is 0. The van der Waals surface area contributed by atoms with Gasteiger partial charge < -0.3 is 0 Å². The van der Waals surface area contributed by atoms with E-state index < -0.39 is 0 Å². The van der Waals surface area contributed by atoms with E-state index in [0.717, 1.165) is 11.5 Å². The maximum absolute atomic E-state index is 6.47. The Bertz CT molecular complexity index is 394. The van der Waals surface area contributed by atoms with Crippen LogP contribution in [-0.4, -0.2) is 0 Å². The summed E-state index contributed by atoms with van der Waals surface area (Å²) in [5, 5.41) is 0.974. The van der Waals surface area contributed by atoms with Gasteiger partial charge in [-0.3, -0.25) is 0 Å². The molecule has 1 atom stereocenters. The van der Waals surface area contributed by atoms with Gasteiger partial charge in [-0.15, -0.1) is 0 Å². The van der Waals surface area contributed by atoms with E-state index >= 15 is 0 Å². The molecule has 92 valence electrons. The van der Waals surface area contributed by atoms with Crippen molar-refractivity contribution in [1.29, 1.82) is 0 Å². The molecule has 1 fully saturated rings. The summed E-state index contributed by atoms with van der Waals surface area (Å²) in [7, 11) is 0. The van der Waals surface area contributed by atoms with Crippen molar-refractivity contribution in [2.75, 3.05) is 0 Å². The first-order chi connectivity index (χ1) is 8.23. The Morgan fingerprint density at radius 1 is 1.24 bits per heavy atom. The Balaban J connectivity index is 2.03. The van der Waals surface area contributed by atoms with Gasteiger partial charge in [-0.2, -0.15) is 0 Å². The van der Waals surface area contributed by atoms with E-state index in [2.05, 4.69) is 18.7 Å². The van der Waals surface area contributed by atoms with E-state index in [1.807, 2.05) is 0 Å². The first kappa shape index (κ1) is 11.6. The van der Waals surface area contributed by atoms with Crippen molar-refractivity contribution in [2.45, 2.75) is 51.4 Å². The zero-order valence-corrected chi connectivity index (χ0v) is 11.2. The molecule has 0 radical (unpaired) electrons. The third kappa shape index (κ3) is 1.81. The standard InChI is InChI=1S/C16H21Cl/c1-12-11-16(9-5-2-6-10-16)14-8-4-3-7-13(14)15(12)17/h3,7,14H,1-2,4-6,8-11H2. The van der Waals surface area contributed by atoms with Crippen LogP contribution in [0.3, 0.4) is 0 Å². The number of fused-ring (bicyclic) bond motifs is 2. The topological polar surface area (TPSA) is 0 Å². The molecule has 0 bridgehead atoms. The van der Waals surface area contributed by atoms with E-state index in [9.17, 15) is 0 Å². The summed E-state index contributed by atoms with van der Waals surface area (Å²) in [5.41, 5.74) is 3.09. The molecule has 0 nitrogen and oxygen atoms in total. The lowest BCUT2D eigenvalue weighted by Crippen LogP contribution is -2.38. The Kier molecular flexibility index (Phi) is 2.94. The number of hydrogen-bond donors (Lipinski definition) is 0. The lowest BCUT2D eigenvalue weighted by Gasteiger charge is -2.49. The molecule has 0 saturated heterocycles. The molecule has 3 aliphatic carbocycles. The Hall–Kier alpha value is -0.490. The minimum atomic E-state index is 0.508. The summed E-state index contributed by atoms with van der Waals surface area (Å²) in [6.07, 6.45) is 15.2. The maximum atomic E-state index is 6.47. The highest BCUT2D eigenvalue weighted by Crippen LogP contribution is 2.57. The number of rotatable bonds is 0. The second-order valence-electron chi connectivity index (χ2n) is 6.00. The van der Waals surface area contributed by atoms with E-state index in [0.29, 0.717) is 11.3 Å². The van der Waals surface area contributed by atoms with Crippen molar-refractivity contribution in [1.82, 2.24) is 0 Å². The fourth-order valence-corrected chi connectivity index (χ4v) is 4.48. The van der Waals surface area contributed by atoms with Gasteiger partial charge >= 0.3 is 0 Å². The molecule has 0 aromatic heterocycles. The molecule has 0 N–H and O–H groups in total. The molecule has 1 saturated carbocycles. The molecule has 17 heavy (non-hydrogen) atoms. The highest BCUT2D eigenvalue weighted by atomic mass is 35.5. The molecule has 0 aliphatic heterocycles. The predicted octanol–water partition coefficient (Wildman–Crippen LogP) is 5.36. The predicted molar refractivity (Wildman–Crippen MR) is 74.0 cm³/mol. The molecule has 1 heteroatoms. The zero-order chi connectivity index (χ0) is 11.9. The van der Waals surface area contributed by atoms with Crippen molar-refractivity contribution in [3.8, 4) is 0 Å². The van der Waals surface area contributed by atoms with Crippen LogP contribution < -0.4 is 0 Å². The van der Waals surface area contributed by atoms with Gasteiger partial charge in [0.15, 0.2) is 0 Å². The third-order valence-corrected chi connectivity index (χ3v) is 5.50. The van der Waals surface area contributed by atoms with Crippen LogP contribution in [0.4, 0.5) is 0 Å². The Labute approximate surface area is 109 Å². The molecule has 0 aromatic carbocycles. The van der Waals surface area contributed by atoms with Crippen molar-refractivity contribution in [3.63, 3.8) is 0 Å². The van der Waals surface area contributed by atoms with E-state index in [1.54, 1.807) is 0 Å². The van der Waals surface area contributed by atoms with Crippen LogP contribution in [0.2, 0.25) is 0 Å². The second-order valence-corrected chi connectivity index (χ2v) is 6.38. The SMILES string of the molecule is C=C1CC2(CCCCC2)C2CCC=CC2=C1Cl. The number of hydrogen-bond acceptors (Lipinski definition) is 0. The van der Waals surface area contributed by atoms with Crippen LogP contribution >= 0.6 is 11.6 Å². The van der Waals surface area contributed by atoms with E-state index in [-0.39, 0.29) is 0 Å². The Morgan fingerprint density at radius 2 is 2.00 bits per heavy atom. The van der Waals surface area contributed by atoms with Gasteiger partial charge in [-0.25, -0.2) is 0 Å². The van der Waals surface area contributed by atoms with Crippen LogP contribution in [0.1, 0.15) is 51.4 Å². The molecule has 1 spiro atoms. The van der Waals surface area contributed by atoms with Gasteiger partial charge in [-0.1, -0.05) is 49.6 Å². The fraction of sp³-hybridized carbons (Fsp3) is 0.625. The van der Waals surface area contributed by atoms with Gasteiger partial charge in [0.1, 0.15) is 0 Å². The third-order valence-electron chi connectivity index (χ3n) is 5.01. The highest BCUT2D eigenvalue weighted by molar-refractivity contribution is 6.32. The molecular weight excluding hydrogens is 228 g/mol. The summed E-state index contributed by atoms with van der Waals surface area (Å²) in [6.45, 7) is 4.21. The summed E-state index contributed by atoms with van der Waals surface area (Å²) in [4.78, 5) is 0. The van der Waals surface area contributed by atoms with E-state index in [4.69, 9.17) is 11.6 Å². The minimum Gasteiger partial charge on any atom is -0.0943 e. The fourth-order valence-electron chi connectivity index (χ4n) is 4.22. The van der Waals surface area contributed by atoms with Gasteiger partial charge in [0, 0.05) is 5.03 Å². The zero-order valence-electron chi connectivity index (χ0n) is 10.5. The van der Waals surface area contributed by atoms with Crippen LogP contribution in [0, 0.1) is 11.3 Å². The number of allylic oxidation sites excluding steroid dienone is 5. The summed E-state index contributed by atoms with van der Waals surface area (Å²) < 4.78 is 0. The van der Waals surface area contributed by atoms with Crippen LogP contribution in [0.5, 0.6) is 0 Å². The molecule has 3 aliphatic rings. The van der Waals surface area contributed by atoms with Gasteiger partial charge in [0.05, 0.1) is 0 Å². The lowest BCUT2D eigenvalue weighted by molar-refractivity contribution is 0.106. The number of halogens is 1. The molecule has 0 amide bonds. The van der Waals surface area contributed by atoms with Crippen LogP contribution in [0.25, 0.3) is 0 Å². The molecular formula is C16H21Cl. The quantitative estimate of drug-likeness (QED) is 0.542. The molecule has 1 unspecified atom stereocenters. The van der Waals surface area contributed by atoms with Gasteiger partial charge in [0.2, 0.25) is 0 Å². The first-order valence-electron chi connectivity index (χ1n) is 6.97. The summed E-state index contributed by atoms with van der Waals surface area (Å²) >= 11 is 6.47. The first-order valence-corrected chi connectivity index (χ1v) is 7.35.